The Kier molecular flexibility index (Phi) is 9.64. The first-order chi connectivity index (χ1) is 14.9. The summed E-state index contributed by atoms with van der Waals surface area (Å²) >= 11 is 1.47. The van der Waals surface area contributed by atoms with Crippen molar-refractivity contribution in [1.29, 1.82) is 0 Å². The number of benzene rings is 2. The number of anilines is 1. The fourth-order valence-corrected chi connectivity index (χ4v) is 5.74. The number of halogens is 1. The SMILES string of the molecule is CCN(CC)CCN(C(=O)CCS(=O)(=O)c1ccccc1)c1nc2c(C)cccc2s1.Cl. The quantitative estimate of drug-likeness (QED) is 0.412. The molecular formula is C23H30ClN3O3S2. The highest BCUT2D eigenvalue weighted by atomic mass is 35.5. The van der Waals surface area contributed by atoms with E-state index in [9.17, 15) is 13.2 Å². The van der Waals surface area contributed by atoms with Gasteiger partial charge in [-0.1, -0.05) is 55.5 Å². The maximum atomic E-state index is 13.2. The van der Waals surface area contributed by atoms with Gasteiger partial charge >= 0.3 is 0 Å². The molecule has 0 bridgehead atoms. The third-order valence-corrected chi connectivity index (χ3v) is 8.14. The molecular weight excluding hydrogens is 466 g/mol. The highest BCUT2D eigenvalue weighted by Gasteiger charge is 2.23. The Morgan fingerprint density at radius 1 is 1.00 bits per heavy atom. The molecule has 1 aromatic heterocycles. The molecule has 0 N–H and O–H groups in total. The Hall–Kier alpha value is -2.00. The molecule has 0 radical (unpaired) electrons. The topological polar surface area (TPSA) is 70.6 Å². The molecule has 32 heavy (non-hydrogen) atoms. The molecule has 0 saturated heterocycles. The average Bonchev–Trinajstić information content (AvgIpc) is 3.21. The summed E-state index contributed by atoms with van der Waals surface area (Å²) in [5.41, 5.74) is 1.95. The van der Waals surface area contributed by atoms with E-state index in [0.717, 1.165) is 28.9 Å². The third kappa shape index (κ3) is 6.28. The second kappa shape index (κ2) is 11.7. The van der Waals surface area contributed by atoms with Crippen molar-refractivity contribution >= 4 is 54.8 Å². The first-order valence-electron chi connectivity index (χ1n) is 10.5. The molecule has 2 aromatic carbocycles. The van der Waals surface area contributed by atoms with E-state index in [4.69, 9.17) is 4.98 Å². The number of amides is 1. The fraction of sp³-hybridized carbons (Fsp3) is 0.391. The highest BCUT2D eigenvalue weighted by molar-refractivity contribution is 7.91. The third-order valence-electron chi connectivity index (χ3n) is 5.36. The molecule has 1 heterocycles. The summed E-state index contributed by atoms with van der Waals surface area (Å²) in [6.45, 7) is 9.14. The summed E-state index contributed by atoms with van der Waals surface area (Å²) in [7, 11) is -3.52. The van der Waals surface area contributed by atoms with Gasteiger partial charge in [-0.05, 0) is 43.8 Å². The molecule has 174 valence electrons. The van der Waals surface area contributed by atoms with Crippen molar-refractivity contribution in [1.82, 2.24) is 9.88 Å². The number of fused-ring (bicyclic) bond motifs is 1. The highest BCUT2D eigenvalue weighted by Crippen LogP contribution is 2.31. The van der Waals surface area contributed by atoms with Crippen molar-refractivity contribution in [3.05, 3.63) is 54.1 Å². The largest absolute Gasteiger partial charge is 0.302 e. The molecule has 3 rings (SSSR count). The van der Waals surface area contributed by atoms with Crippen LogP contribution in [0.25, 0.3) is 10.2 Å². The number of aromatic nitrogens is 1. The van der Waals surface area contributed by atoms with Gasteiger partial charge in [0.2, 0.25) is 5.91 Å². The molecule has 0 aliphatic rings. The first kappa shape index (κ1) is 26.3. The Labute approximate surface area is 200 Å². The predicted molar refractivity (Wildman–Crippen MR) is 135 cm³/mol. The van der Waals surface area contributed by atoms with Gasteiger partial charge in [-0.25, -0.2) is 13.4 Å². The summed E-state index contributed by atoms with van der Waals surface area (Å²) in [5, 5.41) is 0.624. The minimum absolute atomic E-state index is 0. The van der Waals surface area contributed by atoms with Crippen LogP contribution in [0.2, 0.25) is 0 Å². The van der Waals surface area contributed by atoms with E-state index >= 15 is 0 Å². The van der Waals surface area contributed by atoms with Gasteiger partial charge in [0.05, 0.1) is 20.9 Å². The van der Waals surface area contributed by atoms with Crippen molar-refractivity contribution in [2.24, 2.45) is 0 Å². The zero-order valence-electron chi connectivity index (χ0n) is 18.7. The number of hydrogen-bond donors (Lipinski definition) is 0. The lowest BCUT2D eigenvalue weighted by molar-refractivity contribution is -0.118. The summed E-state index contributed by atoms with van der Waals surface area (Å²) in [5.74, 6) is -0.440. The van der Waals surface area contributed by atoms with Crippen molar-refractivity contribution in [3.8, 4) is 0 Å². The molecule has 6 nitrogen and oxygen atoms in total. The van der Waals surface area contributed by atoms with Gasteiger partial charge in [0.15, 0.2) is 15.0 Å². The molecule has 0 saturated carbocycles. The van der Waals surface area contributed by atoms with Crippen molar-refractivity contribution in [3.63, 3.8) is 0 Å². The molecule has 0 fully saturated rings. The second-order valence-electron chi connectivity index (χ2n) is 7.37. The van der Waals surface area contributed by atoms with Gasteiger partial charge in [0, 0.05) is 19.5 Å². The van der Waals surface area contributed by atoms with Gasteiger partial charge < -0.3 is 4.90 Å². The van der Waals surface area contributed by atoms with Crippen LogP contribution in [0.15, 0.2) is 53.4 Å². The number of carbonyl (C=O) groups is 1. The van der Waals surface area contributed by atoms with Gasteiger partial charge in [0.1, 0.15) is 0 Å². The van der Waals surface area contributed by atoms with Crippen LogP contribution in [-0.4, -0.2) is 56.1 Å². The van der Waals surface area contributed by atoms with Gasteiger partial charge in [-0.2, -0.15) is 0 Å². The number of rotatable bonds is 10. The van der Waals surface area contributed by atoms with Crippen molar-refractivity contribution < 1.29 is 13.2 Å². The Balaban J connectivity index is 0.00000363. The van der Waals surface area contributed by atoms with Gasteiger partial charge in [0.25, 0.3) is 0 Å². The zero-order valence-corrected chi connectivity index (χ0v) is 21.1. The molecule has 0 atom stereocenters. The van der Waals surface area contributed by atoms with E-state index in [2.05, 4.69) is 18.7 Å². The minimum atomic E-state index is -3.52. The number of para-hydroxylation sites is 1. The maximum Gasteiger partial charge on any atom is 0.229 e. The number of aryl methyl sites for hydroxylation is 1. The lowest BCUT2D eigenvalue weighted by Gasteiger charge is -2.24. The fourth-order valence-electron chi connectivity index (χ4n) is 3.40. The molecule has 0 spiro atoms. The predicted octanol–water partition coefficient (Wildman–Crippen LogP) is 4.57. The van der Waals surface area contributed by atoms with Crippen molar-refractivity contribution in [2.75, 3.05) is 36.8 Å². The molecule has 9 heteroatoms. The monoisotopic (exact) mass is 495 g/mol. The van der Waals surface area contributed by atoms with E-state index in [-0.39, 0.29) is 35.4 Å². The lowest BCUT2D eigenvalue weighted by Crippen LogP contribution is -2.39. The van der Waals surface area contributed by atoms with Crippen molar-refractivity contribution in [2.45, 2.75) is 32.1 Å². The van der Waals surface area contributed by atoms with Gasteiger partial charge in [-0.15, -0.1) is 12.4 Å². The van der Waals surface area contributed by atoms with Crippen LogP contribution in [-0.2, 0) is 14.6 Å². The molecule has 0 unspecified atom stereocenters. The first-order valence-corrected chi connectivity index (χ1v) is 13.0. The van der Waals surface area contributed by atoms with Crippen LogP contribution in [0.1, 0.15) is 25.8 Å². The molecule has 0 aliphatic carbocycles. The summed E-state index contributed by atoms with van der Waals surface area (Å²) < 4.78 is 26.3. The normalized spacial score (nSPS) is 11.5. The summed E-state index contributed by atoms with van der Waals surface area (Å²) in [6.07, 6.45) is -0.0790. The minimum Gasteiger partial charge on any atom is -0.302 e. The Morgan fingerprint density at radius 3 is 2.31 bits per heavy atom. The molecule has 1 amide bonds. The zero-order chi connectivity index (χ0) is 22.4. The smallest absolute Gasteiger partial charge is 0.229 e. The Morgan fingerprint density at radius 2 is 1.69 bits per heavy atom. The van der Waals surface area contributed by atoms with E-state index < -0.39 is 9.84 Å². The number of nitrogens with zero attached hydrogens (tertiary/aromatic N) is 3. The second-order valence-corrected chi connectivity index (χ2v) is 10.5. The van der Waals surface area contributed by atoms with Crippen LogP contribution < -0.4 is 4.90 Å². The number of carbonyl (C=O) groups excluding carboxylic acids is 1. The van der Waals surface area contributed by atoms with E-state index in [1.54, 1.807) is 35.2 Å². The van der Waals surface area contributed by atoms with E-state index in [0.29, 0.717) is 18.2 Å². The Bertz CT molecular complexity index is 1130. The van der Waals surface area contributed by atoms with E-state index in [1.807, 2.05) is 25.1 Å². The number of sulfone groups is 1. The van der Waals surface area contributed by atoms with Crippen LogP contribution in [0.4, 0.5) is 5.13 Å². The van der Waals surface area contributed by atoms with Gasteiger partial charge in [-0.3, -0.25) is 9.69 Å². The van der Waals surface area contributed by atoms with E-state index in [1.165, 1.54) is 11.3 Å². The lowest BCUT2D eigenvalue weighted by atomic mass is 10.2. The summed E-state index contributed by atoms with van der Waals surface area (Å²) in [6, 6.07) is 14.3. The van der Waals surface area contributed by atoms with Crippen LogP contribution in [0, 0.1) is 6.92 Å². The number of thiazole rings is 1. The molecule has 3 aromatic rings. The van der Waals surface area contributed by atoms with Crippen LogP contribution >= 0.6 is 23.7 Å². The number of likely N-dealkylation sites (N-methyl/N-ethyl adjacent to an activating group) is 1. The summed E-state index contributed by atoms with van der Waals surface area (Å²) in [4.78, 5) is 22.0. The number of hydrogen-bond acceptors (Lipinski definition) is 6. The standard InChI is InChI=1S/C23H29N3O3S2.ClH/c1-4-25(5-2)15-16-26(23-24-22-18(3)10-9-13-20(22)30-23)21(27)14-17-31(28,29)19-11-7-6-8-12-19;/h6-13H,4-5,14-17H2,1-3H3;1H. The average molecular weight is 496 g/mol. The van der Waals surface area contributed by atoms with Crippen LogP contribution in [0.3, 0.4) is 0 Å². The molecule has 0 aliphatic heterocycles. The maximum absolute atomic E-state index is 13.2. The van der Waals surface area contributed by atoms with Crippen LogP contribution in [0.5, 0.6) is 0 Å².